The van der Waals surface area contributed by atoms with Gasteiger partial charge < -0.3 is 10.1 Å². The number of nitrogens with zero attached hydrogens (tertiary/aromatic N) is 1. The van der Waals surface area contributed by atoms with Crippen molar-refractivity contribution in [3.05, 3.63) is 30.4 Å². The molecule has 0 unspecified atom stereocenters. The molecule has 0 amide bonds. The predicted octanol–water partition coefficient (Wildman–Crippen LogP) is 2.75. The molecule has 0 atom stereocenters. The second kappa shape index (κ2) is 6.05. The van der Waals surface area contributed by atoms with Crippen LogP contribution in [0.5, 0.6) is 5.88 Å². The molecule has 88 valence electrons. The Labute approximate surface area is 93.1 Å². The van der Waals surface area contributed by atoms with Crippen molar-refractivity contribution in [1.29, 1.82) is 0 Å². The Bertz CT molecular complexity index is 369. The lowest BCUT2D eigenvalue weighted by atomic mass is 10.4. The third kappa shape index (κ3) is 3.18. The van der Waals surface area contributed by atoms with E-state index in [1.54, 1.807) is 13.0 Å². The van der Waals surface area contributed by atoms with Gasteiger partial charge in [-0.1, -0.05) is 6.08 Å². The quantitative estimate of drug-likeness (QED) is 0.600. The molecular weight excluding hydrogens is 214 g/mol. The van der Waals surface area contributed by atoms with E-state index in [0.717, 1.165) is 6.07 Å². The van der Waals surface area contributed by atoms with Crippen LogP contribution in [0.3, 0.4) is 0 Å². The second-order valence-electron chi connectivity index (χ2n) is 3.06. The van der Waals surface area contributed by atoms with Gasteiger partial charge in [-0.3, -0.25) is 0 Å². The van der Waals surface area contributed by atoms with E-state index >= 15 is 0 Å². The maximum Gasteiger partial charge on any atom is 0.252 e. The molecule has 0 aromatic carbocycles. The van der Waals surface area contributed by atoms with Crippen molar-refractivity contribution >= 4 is 5.82 Å². The van der Waals surface area contributed by atoms with Crippen molar-refractivity contribution in [2.45, 2.75) is 13.3 Å². The molecule has 0 bridgehead atoms. The summed E-state index contributed by atoms with van der Waals surface area (Å²) < 4.78 is 31.4. The molecule has 1 aromatic heterocycles. The first kappa shape index (κ1) is 12.4. The lowest BCUT2D eigenvalue weighted by Crippen LogP contribution is -2.07. The molecule has 16 heavy (non-hydrogen) atoms. The Morgan fingerprint density at radius 2 is 2.25 bits per heavy atom. The molecule has 0 spiro atoms. The van der Waals surface area contributed by atoms with Gasteiger partial charge in [0.1, 0.15) is 0 Å². The van der Waals surface area contributed by atoms with Gasteiger partial charge in [-0.25, -0.2) is 8.78 Å². The SMILES string of the molecule is C=CCCOc1nc(NCC)c(F)cc1F. The molecule has 0 radical (unpaired) electrons. The Morgan fingerprint density at radius 1 is 1.50 bits per heavy atom. The number of rotatable bonds is 6. The van der Waals surface area contributed by atoms with Crippen LogP contribution in [-0.4, -0.2) is 18.1 Å². The molecule has 1 N–H and O–H groups in total. The Hall–Kier alpha value is -1.65. The van der Waals surface area contributed by atoms with Crippen molar-refractivity contribution in [3.8, 4) is 5.88 Å². The van der Waals surface area contributed by atoms with Gasteiger partial charge in [0.25, 0.3) is 5.88 Å². The zero-order valence-electron chi connectivity index (χ0n) is 9.09. The number of hydrogen-bond donors (Lipinski definition) is 1. The molecule has 0 aliphatic heterocycles. The normalized spacial score (nSPS) is 9.94. The lowest BCUT2D eigenvalue weighted by molar-refractivity contribution is 0.293. The zero-order chi connectivity index (χ0) is 12.0. The highest BCUT2D eigenvalue weighted by Crippen LogP contribution is 2.20. The summed E-state index contributed by atoms with van der Waals surface area (Å²) >= 11 is 0. The minimum absolute atomic E-state index is 0.00231. The van der Waals surface area contributed by atoms with Gasteiger partial charge in [-0.15, -0.1) is 6.58 Å². The van der Waals surface area contributed by atoms with Gasteiger partial charge >= 0.3 is 0 Å². The molecule has 1 rings (SSSR count). The third-order valence-electron chi connectivity index (χ3n) is 1.80. The van der Waals surface area contributed by atoms with Crippen LogP contribution in [0, 0.1) is 11.6 Å². The predicted molar refractivity (Wildman–Crippen MR) is 58.6 cm³/mol. The van der Waals surface area contributed by atoms with E-state index < -0.39 is 11.6 Å². The smallest absolute Gasteiger partial charge is 0.252 e. The van der Waals surface area contributed by atoms with E-state index in [-0.39, 0.29) is 18.3 Å². The maximum absolute atomic E-state index is 13.2. The number of ether oxygens (including phenoxy) is 1. The monoisotopic (exact) mass is 228 g/mol. The molecule has 0 fully saturated rings. The largest absolute Gasteiger partial charge is 0.475 e. The number of nitrogens with one attached hydrogen (secondary N) is 1. The number of pyridine rings is 1. The van der Waals surface area contributed by atoms with Crippen LogP contribution in [0.15, 0.2) is 18.7 Å². The minimum atomic E-state index is -0.803. The summed E-state index contributed by atoms with van der Waals surface area (Å²) in [4.78, 5) is 3.72. The van der Waals surface area contributed by atoms with E-state index in [1.807, 2.05) is 0 Å². The van der Waals surface area contributed by atoms with Crippen LogP contribution < -0.4 is 10.1 Å². The van der Waals surface area contributed by atoms with E-state index in [1.165, 1.54) is 0 Å². The van der Waals surface area contributed by atoms with Gasteiger partial charge in [-0.05, 0) is 13.3 Å². The average Bonchev–Trinajstić information content (AvgIpc) is 2.25. The zero-order valence-corrected chi connectivity index (χ0v) is 9.09. The standard InChI is InChI=1S/C11H14F2N2O/c1-3-5-6-16-11-9(13)7-8(12)10(15-11)14-4-2/h3,7H,1,4-6H2,2H3,(H,14,15). The Kier molecular flexibility index (Phi) is 4.69. The first-order valence-electron chi connectivity index (χ1n) is 5.02. The highest BCUT2D eigenvalue weighted by Gasteiger charge is 2.12. The average molecular weight is 228 g/mol. The molecule has 0 saturated heterocycles. The molecule has 3 nitrogen and oxygen atoms in total. The number of anilines is 1. The van der Waals surface area contributed by atoms with Gasteiger partial charge in [0.05, 0.1) is 6.61 Å². The van der Waals surface area contributed by atoms with Crippen LogP contribution in [0.25, 0.3) is 0 Å². The topological polar surface area (TPSA) is 34.1 Å². The van der Waals surface area contributed by atoms with E-state index in [9.17, 15) is 8.78 Å². The number of aromatic nitrogens is 1. The first-order valence-corrected chi connectivity index (χ1v) is 5.02. The van der Waals surface area contributed by atoms with Crippen molar-refractivity contribution in [2.24, 2.45) is 0 Å². The summed E-state index contributed by atoms with van der Waals surface area (Å²) in [5, 5.41) is 2.68. The molecule has 1 heterocycles. The van der Waals surface area contributed by atoms with Gasteiger partial charge in [0, 0.05) is 12.6 Å². The molecular formula is C11H14F2N2O. The van der Waals surface area contributed by atoms with Crippen LogP contribution in [0.4, 0.5) is 14.6 Å². The molecule has 0 aliphatic carbocycles. The summed E-state index contributed by atoms with van der Waals surface area (Å²) in [6.45, 7) is 6.07. The van der Waals surface area contributed by atoms with Crippen molar-refractivity contribution in [1.82, 2.24) is 4.98 Å². The fraction of sp³-hybridized carbons (Fsp3) is 0.364. The van der Waals surface area contributed by atoms with Gasteiger partial charge in [0.2, 0.25) is 0 Å². The van der Waals surface area contributed by atoms with Crippen LogP contribution in [-0.2, 0) is 0 Å². The van der Waals surface area contributed by atoms with Crippen molar-refractivity contribution in [2.75, 3.05) is 18.5 Å². The van der Waals surface area contributed by atoms with Crippen molar-refractivity contribution < 1.29 is 13.5 Å². The summed E-state index contributed by atoms with van der Waals surface area (Å²) in [7, 11) is 0. The summed E-state index contributed by atoms with van der Waals surface area (Å²) in [6.07, 6.45) is 2.22. The van der Waals surface area contributed by atoms with Gasteiger partial charge in [-0.2, -0.15) is 4.98 Å². The van der Waals surface area contributed by atoms with E-state index in [0.29, 0.717) is 13.0 Å². The molecule has 0 saturated carbocycles. The molecule has 1 aromatic rings. The summed E-state index contributed by atoms with van der Waals surface area (Å²) in [5.74, 6) is -1.73. The summed E-state index contributed by atoms with van der Waals surface area (Å²) in [6, 6.07) is 0.758. The van der Waals surface area contributed by atoms with Crippen LogP contribution in [0.1, 0.15) is 13.3 Å². The number of halogens is 2. The fourth-order valence-corrected chi connectivity index (χ4v) is 1.08. The van der Waals surface area contributed by atoms with Crippen LogP contribution >= 0.6 is 0 Å². The second-order valence-corrected chi connectivity index (χ2v) is 3.06. The van der Waals surface area contributed by atoms with Gasteiger partial charge in [0.15, 0.2) is 17.5 Å². The first-order chi connectivity index (χ1) is 7.69. The molecule has 5 heteroatoms. The molecule has 0 aliphatic rings. The third-order valence-corrected chi connectivity index (χ3v) is 1.80. The Morgan fingerprint density at radius 3 is 2.88 bits per heavy atom. The fourth-order valence-electron chi connectivity index (χ4n) is 1.08. The minimum Gasteiger partial charge on any atom is -0.475 e. The van der Waals surface area contributed by atoms with Crippen molar-refractivity contribution in [3.63, 3.8) is 0 Å². The number of hydrogen-bond acceptors (Lipinski definition) is 3. The summed E-state index contributed by atoms with van der Waals surface area (Å²) in [5.41, 5.74) is 0. The van der Waals surface area contributed by atoms with Crippen LogP contribution in [0.2, 0.25) is 0 Å². The lowest BCUT2D eigenvalue weighted by Gasteiger charge is -2.08. The maximum atomic E-state index is 13.2. The highest BCUT2D eigenvalue weighted by atomic mass is 19.1. The highest BCUT2D eigenvalue weighted by molar-refractivity contribution is 5.39. The Balaban J connectivity index is 2.82. The van der Waals surface area contributed by atoms with E-state index in [2.05, 4.69) is 16.9 Å². The van der Waals surface area contributed by atoms with E-state index in [4.69, 9.17) is 4.74 Å².